The van der Waals surface area contributed by atoms with Gasteiger partial charge in [0, 0.05) is 6.54 Å². The fraction of sp³-hybridized carbons (Fsp3) is 0.667. The molecule has 1 aliphatic carbocycles. The standard InChI is InChI=1S/C15H22N2O2/c1-14(2)5-7-15(18,8-6-14)11-17-10-13-4-3-12(9-16)19-13/h3-4,17-18H,5-8,10-11H2,1-2H3. The number of hydrogen-bond donors (Lipinski definition) is 2. The van der Waals surface area contributed by atoms with E-state index in [1.165, 1.54) is 0 Å². The first-order chi connectivity index (χ1) is 8.92. The van der Waals surface area contributed by atoms with E-state index in [4.69, 9.17) is 9.68 Å². The molecule has 0 bridgehead atoms. The Labute approximate surface area is 114 Å². The maximum Gasteiger partial charge on any atom is 0.203 e. The predicted molar refractivity (Wildman–Crippen MR) is 72.3 cm³/mol. The largest absolute Gasteiger partial charge is 0.449 e. The lowest BCUT2D eigenvalue weighted by atomic mass is 9.71. The van der Waals surface area contributed by atoms with Crippen LogP contribution in [-0.4, -0.2) is 17.3 Å². The summed E-state index contributed by atoms with van der Waals surface area (Å²) in [5.41, 5.74) is -0.241. The Hall–Kier alpha value is -1.31. The first-order valence-electron chi connectivity index (χ1n) is 6.84. The molecule has 2 rings (SSSR count). The second kappa shape index (κ2) is 5.36. The van der Waals surface area contributed by atoms with Gasteiger partial charge >= 0.3 is 0 Å². The van der Waals surface area contributed by atoms with E-state index in [2.05, 4.69) is 19.2 Å². The molecule has 2 N–H and O–H groups in total. The summed E-state index contributed by atoms with van der Waals surface area (Å²) in [7, 11) is 0. The average molecular weight is 262 g/mol. The van der Waals surface area contributed by atoms with Crippen molar-refractivity contribution in [1.29, 1.82) is 5.26 Å². The monoisotopic (exact) mass is 262 g/mol. The Morgan fingerprint density at radius 2 is 2.00 bits per heavy atom. The first kappa shape index (κ1) is 14.1. The summed E-state index contributed by atoms with van der Waals surface area (Å²) in [4.78, 5) is 0. The number of nitriles is 1. The second-order valence-electron chi connectivity index (χ2n) is 6.37. The lowest BCUT2D eigenvalue weighted by molar-refractivity contribution is -0.0247. The van der Waals surface area contributed by atoms with Crippen LogP contribution >= 0.6 is 0 Å². The summed E-state index contributed by atoms with van der Waals surface area (Å²) in [5.74, 6) is 1.06. The minimum absolute atomic E-state index is 0.329. The Balaban J connectivity index is 1.78. The maximum absolute atomic E-state index is 10.5. The van der Waals surface area contributed by atoms with Gasteiger partial charge in [-0.1, -0.05) is 13.8 Å². The maximum atomic E-state index is 10.5. The molecule has 0 spiro atoms. The van der Waals surface area contributed by atoms with Crippen molar-refractivity contribution in [2.24, 2.45) is 5.41 Å². The molecule has 0 unspecified atom stereocenters. The third-order valence-corrected chi connectivity index (χ3v) is 4.06. The summed E-state index contributed by atoms with van der Waals surface area (Å²) in [6, 6.07) is 5.41. The van der Waals surface area contributed by atoms with E-state index in [-0.39, 0.29) is 0 Å². The van der Waals surface area contributed by atoms with Crippen LogP contribution in [0.25, 0.3) is 0 Å². The molecule has 1 fully saturated rings. The molecule has 4 nitrogen and oxygen atoms in total. The summed E-state index contributed by atoms with van der Waals surface area (Å²) in [5, 5.41) is 22.4. The van der Waals surface area contributed by atoms with Gasteiger partial charge in [-0.25, -0.2) is 0 Å². The number of rotatable bonds is 4. The van der Waals surface area contributed by atoms with Crippen molar-refractivity contribution < 1.29 is 9.52 Å². The third kappa shape index (κ3) is 3.82. The van der Waals surface area contributed by atoms with Gasteiger partial charge in [-0.3, -0.25) is 0 Å². The van der Waals surface area contributed by atoms with Gasteiger partial charge in [-0.05, 0) is 43.2 Å². The Morgan fingerprint density at radius 3 is 2.58 bits per heavy atom. The topological polar surface area (TPSA) is 69.2 Å². The molecule has 0 atom stereocenters. The smallest absolute Gasteiger partial charge is 0.203 e. The lowest BCUT2D eigenvalue weighted by Crippen LogP contribution is -2.44. The number of nitrogens with one attached hydrogen (secondary N) is 1. The normalized spacial score (nSPS) is 20.9. The van der Waals surface area contributed by atoms with Crippen LogP contribution in [0.5, 0.6) is 0 Å². The molecule has 4 heteroatoms. The molecule has 1 saturated carbocycles. The molecule has 1 aromatic heterocycles. The Morgan fingerprint density at radius 1 is 1.32 bits per heavy atom. The molecule has 1 aliphatic rings. The molecule has 0 saturated heterocycles. The molecule has 19 heavy (non-hydrogen) atoms. The highest BCUT2D eigenvalue weighted by molar-refractivity contribution is 5.18. The molecule has 1 heterocycles. The molecular formula is C15H22N2O2. The number of aliphatic hydroxyl groups is 1. The number of furan rings is 1. The fourth-order valence-corrected chi connectivity index (χ4v) is 2.52. The fourth-order valence-electron chi connectivity index (χ4n) is 2.52. The van der Waals surface area contributed by atoms with Gasteiger partial charge in [0.15, 0.2) is 0 Å². The van der Waals surface area contributed by atoms with Gasteiger partial charge in [-0.2, -0.15) is 5.26 Å². The first-order valence-corrected chi connectivity index (χ1v) is 6.84. The second-order valence-corrected chi connectivity index (χ2v) is 6.37. The molecule has 0 aliphatic heterocycles. The summed E-state index contributed by atoms with van der Waals surface area (Å²) >= 11 is 0. The van der Waals surface area contributed by atoms with Crippen LogP contribution in [0, 0.1) is 16.7 Å². The van der Waals surface area contributed by atoms with Crippen molar-refractivity contribution in [2.75, 3.05) is 6.54 Å². The van der Waals surface area contributed by atoms with E-state index in [0.29, 0.717) is 24.3 Å². The Kier molecular flexibility index (Phi) is 3.98. The van der Waals surface area contributed by atoms with E-state index in [0.717, 1.165) is 31.4 Å². The number of hydrogen-bond acceptors (Lipinski definition) is 4. The molecule has 0 amide bonds. The van der Waals surface area contributed by atoms with Crippen molar-refractivity contribution in [2.45, 2.75) is 51.7 Å². The SMILES string of the molecule is CC1(C)CCC(O)(CNCc2ccc(C#N)o2)CC1. The summed E-state index contributed by atoms with van der Waals surface area (Å²) in [6.07, 6.45) is 3.80. The van der Waals surface area contributed by atoms with Gasteiger partial charge in [0.1, 0.15) is 11.8 Å². The van der Waals surface area contributed by atoms with E-state index in [9.17, 15) is 5.11 Å². The zero-order valence-electron chi connectivity index (χ0n) is 11.7. The molecule has 0 aromatic carbocycles. The van der Waals surface area contributed by atoms with Gasteiger partial charge in [0.2, 0.25) is 5.76 Å². The van der Waals surface area contributed by atoms with Crippen molar-refractivity contribution in [3.63, 3.8) is 0 Å². The van der Waals surface area contributed by atoms with E-state index in [1.807, 2.05) is 6.07 Å². The summed E-state index contributed by atoms with van der Waals surface area (Å²) in [6.45, 7) is 5.64. The van der Waals surface area contributed by atoms with Crippen LogP contribution in [0.3, 0.4) is 0 Å². The van der Waals surface area contributed by atoms with Crippen molar-refractivity contribution in [3.05, 3.63) is 23.7 Å². The lowest BCUT2D eigenvalue weighted by Gasteiger charge is -2.40. The minimum atomic E-state index is -0.597. The van der Waals surface area contributed by atoms with Crippen LogP contribution in [0.1, 0.15) is 51.1 Å². The minimum Gasteiger partial charge on any atom is -0.449 e. The van der Waals surface area contributed by atoms with Gasteiger partial charge in [-0.15, -0.1) is 0 Å². The van der Waals surface area contributed by atoms with Crippen molar-refractivity contribution in [3.8, 4) is 6.07 Å². The molecule has 104 valence electrons. The van der Waals surface area contributed by atoms with Gasteiger partial charge < -0.3 is 14.8 Å². The van der Waals surface area contributed by atoms with Crippen LogP contribution < -0.4 is 5.32 Å². The van der Waals surface area contributed by atoms with Crippen molar-refractivity contribution in [1.82, 2.24) is 5.32 Å². The number of nitrogens with zero attached hydrogens (tertiary/aromatic N) is 1. The highest BCUT2D eigenvalue weighted by atomic mass is 16.3. The molecule has 0 radical (unpaired) electrons. The van der Waals surface area contributed by atoms with E-state index in [1.54, 1.807) is 12.1 Å². The van der Waals surface area contributed by atoms with Crippen LogP contribution in [0.4, 0.5) is 0 Å². The average Bonchev–Trinajstić information content (AvgIpc) is 2.82. The quantitative estimate of drug-likeness (QED) is 0.875. The summed E-state index contributed by atoms with van der Waals surface area (Å²) < 4.78 is 5.28. The van der Waals surface area contributed by atoms with Crippen LogP contribution in [0.15, 0.2) is 16.5 Å². The highest BCUT2D eigenvalue weighted by Gasteiger charge is 2.36. The Bertz CT molecular complexity index is 461. The molecule has 1 aromatic rings. The van der Waals surface area contributed by atoms with E-state index >= 15 is 0 Å². The van der Waals surface area contributed by atoms with Gasteiger partial charge in [0.25, 0.3) is 0 Å². The predicted octanol–water partition coefficient (Wildman–Crippen LogP) is 2.57. The zero-order valence-corrected chi connectivity index (χ0v) is 11.7. The van der Waals surface area contributed by atoms with Crippen LogP contribution in [0.2, 0.25) is 0 Å². The third-order valence-electron chi connectivity index (χ3n) is 4.06. The molecular weight excluding hydrogens is 240 g/mol. The van der Waals surface area contributed by atoms with E-state index < -0.39 is 5.60 Å². The van der Waals surface area contributed by atoms with Gasteiger partial charge in [0.05, 0.1) is 12.1 Å². The van der Waals surface area contributed by atoms with Crippen LogP contribution in [-0.2, 0) is 6.54 Å². The highest BCUT2D eigenvalue weighted by Crippen LogP contribution is 2.39. The van der Waals surface area contributed by atoms with Crippen molar-refractivity contribution >= 4 is 0 Å². The zero-order chi connectivity index (χ0) is 13.9.